The first kappa shape index (κ1) is 29.7. The van der Waals surface area contributed by atoms with Crippen LogP contribution in [0.25, 0.3) is 21.8 Å². The molecule has 51 heavy (non-hydrogen) atoms. The number of ketones is 1. The van der Waals surface area contributed by atoms with Crippen LogP contribution in [0.5, 0.6) is 17.2 Å². The van der Waals surface area contributed by atoms with Gasteiger partial charge in [-0.15, -0.1) is 0 Å². The lowest BCUT2D eigenvalue weighted by Gasteiger charge is -2.28. The molecule has 2 atom stereocenters. The SMILES string of the molecule is COc1cc2c(c3cc(C(=O)N4CCc5c4c(O)c(OC)c4[nH]c(C(=O)N6C[C@H]7C[C@@]78C6=CC(=O)c6[nH]cc(C)c68)cc54)[nH]c13)CCN2C(N)=O. The maximum atomic E-state index is 14.2. The van der Waals surface area contributed by atoms with Crippen LogP contribution in [0.4, 0.5) is 16.2 Å². The fourth-order valence-electron chi connectivity index (χ4n) is 9.46. The van der Waals surface area contributed by atoms with E-state index >= 15 is 0 Å². The quantitative estimate of drug-likeness (QED) is 0.188. The Hall–Kier alpha value is -6.18. The van der Waals surface area contributed by atoms with Gasteiger partial charge in [0, 0.05) is 59.9 Å². The molecule has 14 heteroatoms. The second-order valence-corrected chi connectivity index (χ2v) is 14.1. The lowest BCUT2D eigenvalue weighted by Crippen LogP contribution is -2.34. The highest BCUT2D eigenvalue weighted by Crippen LogP contribution is 2.67. The maximum Gasteiger partial charge on any atom is 0.319 e. The monoisotopic (exact) mass is 687 g/mol. The van der Waals surface area contributed by atoms with E-state index in [1.165, 1.54) is 24.0 Å². The number of primary amides is 1. The molecule has 0 radical (unpaired) electrons. The molecule has 5 aromatic rings. The first-order valence-electron chi connectivity index (χ1n) is 16.9. The zero-order chi connectivity index (χ0) is 35.2. The Morgan fingerprint density at radius 2 is 1.63 bits per heavy atom. The number of aromatic amines is 3. The van der Waals surface area contributed by atoms with Crippen molar-refractivity contribution >= 4 is 56.8 Å². The van der Waals surface area contributed by atoms with E-state index in [1.54, 1.807) is 29.2 Å². The van der Waals surface area contributed by atoms with Gasteiger partial charge in [-0.3, -0.25) is 19.3 Å². The Labute approximate surface area is 289 Å². The Kier molecular flexibility index (Phi) is 5.67. The minimum absolute atomic E-state index is 0.116. The summed E-state index contributed by atoms with van der Waals surface area (Å²) in [6, 6.07) is 4.68. The second-order valence-electron chi connectivity index (χ2n) is 14.1. The molecule has 10 rings (SSSR count). The Balaban J connectivity index is 1.02. The number of carbonyl (C=O) groups is 4. The van der Waals surface area contributed by atoms with Gasteiger partial charge in [0.05, 0.1) is 42.3 Å². The van der Waals surface area contributed by atoms with Crippen molar-refractivity contribution in [1.82, 2.24) is 19.9 Å². The van der Waals surface area contributed by atoms with E-state index < -0.39 is 6.03 Å². The molecule has 0 bridgehead atoms. The Bertz CT molecular complexity index is 2520. The number of hydrogen-bond donors (Lipinski definition) is 5. The largest absolute Gasteiger partial charge is 0.503 e. The normalized spacial score (nSPS) is 21.1. The summed E-state index contributed by atoms with van der Waals surface area (Å²) in [7, 11) is 2.95. The number of rotatable bonds is 4. The third-order valence-corrected chi connectivity index (χ3v) is 11.7. The predicted molar refractivity (Wildman–Crippen MR) is 186 cm³/mol. The number of methoxy groups -OCH3 is 2. The highest BCUT2D eigenvalue weighted by Gasteiger charge is 2.68. The number of amides is 4. The number of phenols is 1. The number of aryl methyl sites for hydroxylation is 1. The lowest BCUT2D eigenvalue weighted by atomic mass is 9.83. The zero-order valence-electron chi connectivity index (χ0n) is 28.0. The molecule has 2 aromatic carbocycles. The number of ether oxygens (including phenoxy) is 2. The standard InChI is InChI=1S/C37H33N7O7/c1-15-13-39-30-24(45)11-26-37(27(15)30)12-16(37)14-44(26)35(48)22-9-20-18-5-7-43(31(18)32(46)33(51-3)29(20)41-22)34(47)21-8-19-17-4-6-42(36(38)49)23(17)10-25(50-2)28(19)40-21/h8-11,13,16,39-41,46H,4-7,12,14H2,1-3H3,(H2,38,49)/t16-,37+/m1/s1. The number of hydrogen-bond acceptors (Lipinski definition) is 7. The molecule has 4 amide bonds. The third-order valence-electron chi connectivity index (χ3n) is 11.7. The van der Waals surface area contributed by atoms with Crippen LogP contribution in [0.15, 0.2) is 36.2 Å². The van der Waals surface area contributed by atoms with Crippen molar-refractivity contribution in [3.8, 4) is 17.2 Å². The van der Waals surface area contributed by atoms with Crippen molar-refractivity contribution in [2.24, 2.45) is 11.7 Å². The molecule has 3 aromatic heterocycles. The van der Waals surface area contributed by atoms with E-state index in [2.05, 4.69) is 15.0 Å². The van der Waals surface area contributed by atoms with E-state index in [9.17, 15) is 24.3 Å². The number of aromatic nitrogens is 3. The average molecular weight is 688 g/mol. The number of aromatic hydroxyl groups is 1. The third kappa shape index (κ3) is 3.60. The number of urea groups is 1. The van der Waals surface area contributed by atoms with Gasteiger partial charge in [-0.05, 0) is 66.5 Å². The van der Waals surface area contributed by atoms with Crippen molar-refractivity contribution in [3.63, 3.8) is 0 Å². The van der Waals surface area contributed by atoms with Crippen LogP contribution >= 0.6 is 0 Å². The molecular formula is C37H33N7O7. The summed E-state index contributed by atoms with van der Waals surface area (Å²) < 4.78 is 11.3. The summed E-state index contributed by atoms with van der Waals surface area (Å²) in [5, 5.41) is 13.0. The van der Waals surface area contributed by atoms with Crippen LogP contribution in [-0.2, 0) is 18.3 Å². The maximum absolute atomic E-state index is 14.2. The number of likely N-dealkylation sites (tertiary alicyclic amines) is 1. The molecule has 14 nitrogen and oxygen atoms in total. The molecule has 1 saturated heterocycles. The summed E-state index contributed by atoms with van der Waals surface area (Å²) in [6.45, 7) is 3.20. The summed E-state index contributed by atoms with van der Waals surface area (Å²) in [4.78, 5) is 67.9. The van der Waals surface area contributed by atoms with Gasteiger partial charge in [0.25, 0.3) is 11.8 Å². The van der Waals surface area contributed by atoms with Crippen LogP contribution < -0.4 is 25.0 Å². The van der Waals surface area contributed by atoms with E-state index in [1.807, 2.05) is 13.1 Å². The number of carbonyl (C=O) groups excluding carboxylic acids is 4. The van der Waals surface area contributed by atoms with Gasteiger partial charge in [-0.1, -0.05) is 0 Å². The van der Waals surface area contributed by atoms with Gasteiger partial charge in [0.2, 0.25) is 5.78 Å². The Morgan fingerprint density at radius 1 is 0.941 bits per heavy atom. The van der Waals surface area contributed by atoms with Crippen LogP contribution in [0.1, 0.15) is 60.1 Å². The molecule has 258 valence electrons. The van der Waals surface area contributed by atoms with Crippen molar-refractivity contribution < 1.29 is 33.8 Å². The summed E-state index contributed by atoms with van der Waals surface area (Å²) in [6.07, 6.45) is 5.35. The minimum atomic E-state index is -0.562. The number of phenolic OH excluding ortho intramolecular Hbond substituents is 1. The van der Waals surface area contributed by atoms with Crippen molar-refractivity contribution in [2.45, 2.75) is 31.6 Å². The first-order valence-corrected chi connectivity index (χ1v) is 16.9. The minimum Gasteiger partial charge on any atom is -0.503 e. The molecule has 1 saturated carbocycles. The van der Waals surface area contributed by atoms with Gasteiger partial charge in [0.1, 0.15) is 17.1 Å². The van der Waals surface area contributed by atoms with Crippen LogP contribution in [0.2, 0.25) is 0 Å². The van der Waals surface area contributed by atoms with Crippen molar-refractivity contribution in [3.05, 3.63) is 75.5 Å². The number of anilines is 2. The van der Waals surface area contributed by atoms with Crippen molar-refractivity contribution in [1.29, 1.82) is 0 Å². The van der Waals surface area contributed by atoms with Crippen LogP contribution in [0.3, 0.4) is 0 Å². The fraction of sp³-hybridized carbons (Fsp3) is 0.297. The highest BCUT2D eigenvalue weighted by atomic mass is 16.5. The summed E-state index contributed by atoms with van der Waals surface area (Å²) in [5.74, 6) is -0.185. The van der Waals surface area contributed by atoms with Gasteiger partial charge in [-0.2, -0.15) is 0 Å². The number of H-pyrrole nitrogens is 3. The number of fused-ring (bicyclic) bond motifs is 7. The molecule has 1 spiro atoms. The highest BCUT2D eigenvalue weighted by molar-refractivity contribution is 6.15. The predicted octanol–water partition coefficient (Wildman–Crippen LogP) is 4.15. The number of nitrogens with zero attached hydrogens (tertiary/aromatic N) is 3. The van der Waals surface area contributed by atoms with Crippen LogP contribution in [-0.4, -0.2) is 82.4 Å². The van der Waals surface area contributed by atoms with Gasteiger partial charge >= 0.3 is 6.03 Å². The number of piperidine rings is 1. The number of nitrogens with one attached hydrogen (secondary N) is 3. The topological polar surface area (TPSA) is 190 Å². The van der Waals surface area contributed by atoms with Gasteiger partial charge in [-0.25, -0.2) is 4.79 Å². The lowest BCUT2D eigenvalue weighted by molar-refractivity contribution is 0.0806. The van der Waals surface area contributed by atoms with Crippen molar-refractivity contribution in [2.75, 3.05) is 43.7 Å². The van der Waals surface area contributed by atoms with E-state index in [0.29, 0.717) is 76.4 Å². The van der Waals surface area contributed by atoms with Gasteiger partial charge < -0.3 is 45.1 Å². The molecule has 2 aliphatic carbocycles. The van der Waals surface area contributed by atoms with E-state index in [4.69, 9.17) is 15.2 Å². The molecule has 2 fully saturated rings. The number of benzene rings is 2. The molecule has 6 N–H and O–H groups in total. The molecule has 5 aliphatic rings. The Morgan fingerprint density at radius 3 is 2.35 bits per heavy atom. The zero-order valence-corrected chi connectivity index (χ0v) is 28.0. The number of allylic oxidation sites excluding steroid dienone is 2. The molecule has 0 unspecified atom stereocenters. The fourth-order valence-corrected chi connectivity index (χ4v) is 9.46. The number of nitrogens with two attached hydrogens (primary N) is 1. The van der Waals surface area contributed by atoms with Gasteiger partial charge in [0.15, 0.2) is 11.5 Å². The first-order chi connectivity index (χ1) is 24.6. The molecule has 3 aliphatic heterocycles. The molecular weight excluding hydrogens is 654 g/mol. The van der Waals surface area contributed by atoms with E-state index in [0.717, 1.165) is 34.2 Å². The van der Waals surface area contributed by atoms with Crippen LogP contribution in [0, 0.1) is 12.8 Å². The smallest absolute Gasteiger partial charge is 0.319 e. The van der Waals surface area contributed by atoms with E-state index in [-0.39, 0.29) is 52.7 Å². The molecule has 6 heterocycles. The average Bonchev–Trinajstić information content (AvgIpc) is 3.83. The summed E-state index contributed by atoms with van der Waals surface area (Å²) in [5.41, 5.74) is 12.9. The second kappa shape index (κ2) is 9.74. The summed E-state index contributed by atoms with van der Waals surface area (Å²) >= 11 is 0.